The van der Waals surface area contributed by atoms with E-state index in [1.807, 2.05) is 31.2 Å². The lowest BCUT2D eigenvalue weighted by molar-refractivity contribution is -0.115. The Labute approximate surface area is 141 Å². The zero-order chi connectivity index (χ0) is 16.9. The molecule has 5 nitrogen and oxygen atoms in total. The first-order valence-corrected chi connectivity index (χ1v) is 8.17. The third-order valence-corrected chi connectivity index (χ3v) is 4.17. The van der Waals surface area contributed by atoms with Crippen molar-refractivity contribution in [2.24, 2.45) is 0 Å². The van der Waals surface area contributed by atoms with Crippen molar-refractivity contribution in [2.75, 3.05) is 41.3 Å². The summed E-state index contributed by atoms with van der Waals surface area (Å²) in [6.45, 7) is 5.31. The van der Waals surface area contributed by atoms with Gasteiger partial charge in [-0.1, -0.05) is 6.92 Å². The fourth-order valence-corrected chi connectivity index (χ4v) is 2.75. The number of rotatable bonds is 4. The molecule has 0 aliphatic carbocycles. The summed E-state index contributed by atoms with van der Waals surface area (Å²) in [7, 11) is 0. The maximum Gasteiger partial charge on any atom is 0.225 e. The van der Waals surface area contributed by atoms with Gasteiger partial charge in [0.05, 0.1) is 11.9 Å². The molecular formula is C18H21FN4O. The molecule has 1 aliphatic rings. The average Bonchev–Trinajstić information content (AvgIpc) is 2.63. The minimum absolute atomic E-state index is 0.0387. The number of aromatic nitrogens is 1. The predicted molar refractivity (Wildman–Crippen MR) is 94.0 cm³/mol. The summed E-state index contributed by atoms with van der Waals surface area (Å²) in [4.78, 5) is 20.2. The van der Waals surface area contributed by atoms with Gasteiger partial charge in [-0.15, -0.1) is 0 Å². The molecule has 2 heterocycles. The number of nitrogens with zero attached hydrogens (tertiary/aromatic N) is 3. The van der Waals surface area contributed by atoms with Crippen molar-refractivity contribution < 1.29 is 9.18 Å². The molecule has 0 atom stereocenters. The molecule has 1 amide bonds. The Morgan fingerprint density at radius 3 is 2.17 bits per heavy atom. The monoisotopic (exact) mass is 328 g/mol. The van der Waals surface area contributed by atoms with Gasteiger partial charge in [-0.05, 0) is 36.4 Å². The first kappa shape index (κ1) is 16.2. The maximum absolute atomic E-state index is 13.0. The summed E-state index contributed by atoms with van der Waals surface area (Å²) in [5, 5.41) is 2.75. The molecule has 0 radical (unpaired) electrons. The van der Waals surface area contributed by atoms with Gasteiger partial charge in [-0.2, -0.15) is 0 Å². The predicted octanol–water partition coefficient (Wildman–Crippen LogP) is 2.90. The van der Waals surface area contributed by atoms with Crippen molar-refractivity contribution in [3.8, 4) is 0 Å². The Bertz CT molecular complexity index is 679. The van der Waals surface area contributed by atoms with Crippen molar-refractivity contribution in [1.82, 2.24) is 4.98 Å². The first-order chi connectivity index (χ1) is 11.7. The Morgan fingerprint density at radius 2 is 1.62 bits per heavy atom. The number of amides is 1. The molecule has 1 aliphatic heterocycles. The molecule has 3 rings (SSSR count). The number of nitrogens with one attached hydrogen (secondary N) is 1. The molecule has 6 heteroatoms. The van der Waals surface area contributed by atoms with E-state index in [1.165, 1.54) is 12.1 Å². The van der Waals surface area contributed by atoms with Gasteiger partial charge < -0.3 is 15.1 Å². The van der Waals surface area contributed by atoms with E-state index in [4.69, 9.17) is 0 Å². The highest BCUT2D eigenvalue weighted by Crippen LogP contribution is 2.21. The van der Waals surface area contributed by atoms with Gasteiger partial charge in [0.2, 0.25) is 5.91 Å². The molecular weight excluding hydrogens is 307 g/mol. The normalized spacial score (nSPS) is 14.6. The van der Waals surface area contributed by atoms with Gasteiger partial charge >= 0.3 is 0 Å². The number of benzene rings is 1. The van der Waals surface area contributed by atoms with E-state index in [1.54, 1.807) is 6.20 Å². The molecule has 1 fully saturated rings. The first-order valence-electron chi connectivity index (χ1n) is 8.17. The Hall–Kier alpha value is -2.63. The van der Waals surface area contributed by atoms with Crippen molar-refractivity contribution in [2.45, 2.75) is 13.3 Å². The fourth-order valence-electron chi connectivity index (χ4n) is 2.75. The number of halogens is 1. The van der Waals surface area contributed by atoms with Crippen LogP contribution < -0.4 is 15.1 Å². The van der Waals surface area contributed by atoms with Gasteiger partial charge in [-0.25, -0.2) is 9.37 Å². The number of anilines is 3. The van der Waals surface area contributed by atoms with Crippen LogP contribution in [0, 0.1) is 5.82 Å². The van der Waals surface area contributed by atoms with Gasteiger partial charge in [0.1, 0.15) is 11.6 Å². The molecule has 126 valence electrons. The molecule has 1 aromatic heterocycles. The third-order valence-electron chi connectivity index (χ3n) is 4.17. The van der Waals surface area contributed by atoms with Crippen LogP contribution in [0.25, 0.3) is 0 Å². The van der Waals surface area contributed by atoms with Gasteiger partial charge in [0, 0.05) is 38.3 Å². The molecule has 24 heavy (non-hydrogen) atoms. The van der Waals surface area contributed by atoms with E-state index in [0.29, 0.717) is 12.2 Å². The topological polar surface area (TPSA) is 48.5 Å². The molecule has 0 spiro atoms. The van der Waals surface area contributed by atoms with Crippen molar-refractivity contribution >= 4 is 23.1 Å². The third kappa shape index (κ3) is 3.82. The van der Waals surface area contributed by atoms with Crippen molar-refractivity contribution in [3.63, 3.8) is 0 Å². The Kier molecular flexibility index (Phi) is 4.93. The van der Waals surface area contributed by atoms with E-state index in [-0.39, 0.29) is 11.7 Å². The number of carbonyl (C=O) groups excluding carboxylic acids is 1. The molecule has 0 bridgehead atoms. The minimum atomic E-state index is -0.210. The Morgan fingerprint density at radius 1 is 1.04 bits per heavy atom. The van der Waals surface area contributed by atoms with Gasteiger partial charge in [-0.3, -0.25) is 4.79 Å². The summed E-state index contributed by atoms with van der Waals surface area (Å²) < 4.78 is 13.0. The lowest BCUT2D eigenvalue weighted by atomic mass is 10.2. The molecule has 1 N–H and O–H groups in total. The fraction of sp³-hybridized carbons (Fsp3) is 0.333. The zero-order valence-electron chi connectivity index (χ0n) is 13.7. The van der Waals surface area contributed by atoms with Crippen LogP contribution in [0.4, 0.5) is 21.6 Å². The molecule has 2 aromatic rings. The second-order valence-electron chi connectivity index (χ2n) is 5.75. The van der Waals surface area contributed by atoms with E-state index in [9.17, 15) is 9.18 Å². The highest BCUT2D eigenvalue weighted by molar-refractivity contribution is 5.89. The van der Waals surface area contributed by atoms with Gasteiger partial charge in [0.15, 0.2) is 0 Å². The Balaban J connectivity index is 1.58. The zero-order valence-corrected chi connectivity index (χ0v) is 13.7. The molecule has 0 saturated carbocycles. The summed E-state index contributed by atoms with van der Waals surface area (Å²) >= 11 is 0. The molecule has 1 aromatic carbocycles. The maximum atomic E-state index is 13.0. The summed E-state index contributed by atoms with van der Waals surface area (Å²) in [6.07, 6.45) is 2.23. The van der Waals surface area contributed by atoms with Crippen LogP contribution in [0.5, 0.6) is 0 Å². The van der Waals surface area contributed by atoms with Gasteiger partial charge in [0.25, 0.3) is 0 Å². The summed E-state index contributed by atoms with van der Waals surface area (Å²) in [6, 6.07) is 10.4. The van der Waals surface area contributed by atoms with Crippen molar-refractivity contribution in [1.29, 1.82) is 0 Å². The van der Waals surface area contributed by atoms with Crippen LogP contribution in [0.3, 0.4) is 0 Å². The largest absolute Gasteiger partial charge is 0.368 e. The second kappa shape index (κ2) is 7.29. The number of hydrogen-bond donors (Lipinski definition) is 1. The molecule has 1 saturated heterocycles. The highest BCUT2D eigenvalue weighted by Gasteiger charge is 2.18. The second-order valence-corrected chi connectivity index (χ2v) is 5.75. The van der Waals surface area contributed by atoms with Crippen LogP contribution in [-0.4, -0.2) is 37.1 Å². The lowest BCUT2D eigenvalue weighted by Crippen LogP contribution is -2.46. The average molecular weight is 328 g/mol. The molecule has 0 unspecified atom stereocenters. The minimum Gasteiger partial charge on any atom is -0.368 e. The number of hydrogen-bond acceptors (Lipinski definition) is 4. The number of pyridine rings is 1. The number of carbonyl (C=O) groups is 1. The van der Waals surface area contributed by atoms with Crippen LogP contribution in [0.1, 0.15) is 13.3 Å². The van der Waals surface area contributed by atoms with E-state index in [0.717, 1.165) is 37.6 Å². The van der Waals surface area contributed by atoms with Crippen LogP contribution >= 0.6 is 0 Å². The summed E-state index contributed by atoms with van der Waals surface area (Å²) in [5.41, 5.74) is 2.09. The number of piperazine rings is 1. The highest BCUT2D eigenvalue weighted by atomic mass is 19.1. The van der Waals surface area contributed by atoms with Crippen LogP contribution in [-0.2, 0) is 4.79 Å². The van der Waals surface area contributed by atoms with E-state index >= 15 is 0 Å². The van der Waals surface area contributed by atoms with E-state index in [2.05, 4.69) is 20.1 Å². The van der Waals surface area contributed by atoms with E-state index < -0.39 is 0 Å². The summed E-state index contributed by atoms with van der Waals surface area (Å²) in [5.74, 6) is 0.331. The van der Waals surface area contributed by atoms with Crippen molar-refractivity contribution in [3.05, 3.63) is 48.4 Å². The smallest absolute Gasteiger partial charge is 0.225 e. The van der Waals surface area contributed by atoms with Crippen LogP contribution in [0.2, 0.25) is 0 Å². The lowest BCUT2D eigenvalue weighted by Gasteiger charge is -2.37. The standard InChI is InChI=1S/C18H21FN4O/c1-2-18(24)21-17-8-7-16(13-20-17)23-11-9-22(10-12-23)15-5-3-14(19)4-6-15/h3-8,13H,2,9-12H2,1H3,(H,20,21,24). The quantitative estimate of drug-likeness (QED) is 0.937. The SMILES string of the molecule is CCC(=O)Nc1ccc(N2CCN(c3ccc(F)cc3)CC2)cn1. The van der Waals surface area contributed by atoms with Crippen LogP contribution in [0.15, 0.2) is 42.6 Å².